The number of carbonyl (C=O) groups excluding carboxylic acids is 1. The van der Waals surface area contributed by atoms with Crippen molar-refractivity contribution in [1.82, 2.24) is 9.88 Å². The van der Waals surface area contributed by atoms with Crippen LogP contribution in [0.2, 0.25) is 0 Å². The Balaban J connectivity index is 1.31. The Kier molecular flexibility index (Phi) is 5.45. The number of esters is 1. The van der Waals surface area contributed by atoms with Gasteiger partial charge in [0.2, 0.25) is 0 Å². The van der Waals surface area contributed by atoms with Crippen molar-refractivity contribution in [2.24, 2.45) is 5.92 Å². The van der Waals surface area contributed by atoms with Crippen LogP contribution in [0.5, 0.6) is 0 Å². The second-order valence-electron chi connectivity index (χ2n) is 8.21. The zero-order valence-electron chi connectivity index (χ0n) is 17.8. The number of methoxy groups -OCH3 is 1. The molecule has 0 N–H and O–H groups in total. The number of likely N-dealkylation sites (tertiary alicyclic amines) is 1. The third kappa shape index (κ3) is 4.14. The van der Waals surface area contributed by atoms with Gasteiger partial charge < -0.3 is 9.15 Å². The van der Waals surface area contributed by atoms with E-state index in [2.05, 4.69) is 22.0 Å². The number of carbonyl (C=O) groups is 1. The maximum absolute atomic E-state index is 14.9. The molecule has 3 heterocycles. The van der Waals surface area contributed by atoms with E-state index < -0.39 is 0 Å². The lowest BCUT2D eigenvalue weighted by Crippen LogP contribution is -2.49. The first-order chi connectivity index (χ1) is 15.6. The number of hydrogen-bond donors (Lipinski definition) is 0. The molecule has 1 aliphatic rings. The van der Waals surface area contributed by atoms with Gasteiger partial charge in [0.25, 0.3) is 0 Å². The van der Waals surface area contributed by atoms with Gasteiger partial charge >= 0.3 is 5.97 Å². The number of nitrogens with zero attached hydrogens (tertiary/aromatic N) is 2. The van der Waals surface area contributed by atoms with Gasteiger partial charge in [-0.25, -0.2) is 4.39 Å². The van der Waals surface area contributed by atoms with Crippen LogP contribution in [-0.2, 0) is 22.5 Å². The van der Waals surface area contributed by atoms with Crippen LogP contribution >= 0.6 is 0 Å². The first-order valence-corrected chi connectivity index (χ1v) is 10.6. The Hall–Kier alpha value is -3.51. The molecule has 1 aliphatic heterocycles. The smallest absolute Gasteiger partial charge is 0.311 e. The Morgan fingerprint density at radius 1 is 1.12 bits per heavy atom. The molecule has 6 heteroatoms. The van der Waals surface area contributed by atoms with Crippen LogP contribution in [0, 0.1) is 11.7 Å². The quantitative estimate of drug-likeness (QED) is 0.410. The minimum Gasteiger partial charge on any atom is -0.469 e. The largest absolute Gasteiger partial charge is 0.469 e. The van der Waals surface area contributed by atoms with Gasteiger partial charge in [-0.15, -0.1) is 0 Å². The molecule has 5 nitrogen and oxygen atoms in total. The van der Waals surface area contributed by atoms with Crippen LogP contribution in [0.15, 0.2) is 71.3 Å². The molecule has 32 heavy (non-hydrogen) atoms. The Morgan fingerprint density at radius 3 is 2.69 bits per heavy atom. The van der Waals surface area contributed by atoms with Crippen molar-refractivity contribution in [3.8, 4) is 11.3 Å². The topological polar surface area (TPSA) is 55.6 Å². The monoisotopic (exact) mass is 430 g/mol. The summed E-state index contributed by atoms with van der Waals surface area (Å²) in [6.07, 6.45) is 2.43. The van der Waals surface area contributed by atoms with E-state index in [-0.39, 0.29) is 17.7 Å². The molecule has 0 bridgehead atoms. The van der Waals surface area contributed by atoms with Gasteiger partial charge in [0.05, 0.1) is 24.8 Å². The summed E-state index contributed by atoms with van der Waals surface area (Å²) in [6, 6.07) is 19.2. The summed E-state index contributed by atoms with van der Waals surface area (Å²) >= 11 is 0. The van der Waals surface area contributed by atoms with Crippen molar-refractivity contribution < 1.29 is 18.3 Å². The first-order valence-electron chi connectivity index (χ1n) is 10.6. The van der Waals surface area contributed by atoms with E-state index in [1.54, 1.807) is 12.3 Å². The number of pyridine rings is 1. The number of rotatable bonds is 6. The van der Waals surface area contributed by atoms with Gasteiger partial charge in [-0.3, -0.25) is 14.7 Å². The fourth-order valence-corrected chi connectivity index (χ4v) is 4.16. The fraction of sp³-hybridized carbons (Fsp3) is 0.231. The molecule has 0 atom stereocenters. The maximum atomic E-state index is 14.9. The third-order valence-corrected chi connectivity index (χ3v) is 5.89. The lowest BCUT2D eigenvalue weighted by molar-refractivity contribution is -0.151. The normalized spacial score (nSPS) is 14.4. The third-order valence-electron chi connectivity index (χ3n) is 5.89. The van der Waals surface area contributed by atoms with E-state index in [1.165, 1.54) is 18.7 Å². The SMILES string of the molecule is COC(=O)C1CN(Cc2ccc(-c3cc4cc(Cc5ccccc5)ncc4o3)c(F)c2)C1. The highest BCUT2D eigenvalue weighted by molar-refractivity contribution is 5.82. The average Bonchev–Trinajstić information content (AvgIpc) is 3.19. The van der Waals surface area contributed by atoms with Crippen molar-refractivity contribution in [1.29, 1.82) is 0 Å². The van der Waals surface area contributed by atoms with E-state index in [1.807, 2.05) is 36.4 Å². The molecule has 0 spiro atoms. The first kappa shape index (κ1) is 20.4. The average molecular weight is 430 g/mol. The van der Waals surface area contributed by atoms with Crippen LogP contribution in [0.25, 0.3) is 22.3 Å². The molecular formula is C26H23FN2O3. The van der Waals surface area contributed by atoms with E-state index in [4.69, 9.17) is 9.15 Å². The van der Waals surface area contributed by atoms with Gasteiger partial charge in [-0.2, -0.15) is 0 Å². The van der Waals surface area contributed by atoms with Crippen molar-refractivity contribution in [2.45, 2.75) is 13.0 Å². The summed E-state index contributed by atoms with van der Waals surface area (Å²) in [7, 11) is 1.40. The van der Waals surface area contributed by atoms with Gasteiger partial charge in [0.15, 0.2) is 5.58 Å². The minimum atomic E-state index is -0.330. The lowest BCUT2D eigenvalue weighted by atomic mass is 9.99. The van der Waals surface area contributed by atoms with E-state index >= 15 is 0 Å². The number of fused-ring (bicyclic) bond motifs is 1. The highest BCUT2D eigenvalue weighted by atomic mass is 19.1. The van der Waals surface area contributed by atoms with Crippen molar-refractivity contribution in [3.63, 3.8) is 0 Å². The lowest BCUT2D eigenvalue weighted by Gasteiger charge is -2.37. The highest BCUT2D eigenvalue weighted by Gasteiger charge is 2.33. The number of furan rings is 1. The molecule has 0 unspecified atom stereocenters. The molecule has 4 aromatic rings. The van der Waals surface area contributed by atoms with Gasteiger partial charge in [-0.1, -0.05) is 36.4 Å². The Labute approximate surface area is 185 Å². The molecule has 0 amide bonds. The predicted octanol–water partition coefficient (Wildman–Crippen LogP) is 4.83. The van der Waals surface area contributed by atoms with Crippen LogP contribution in [0.1, 0.15) is 16.8 Å². The molecule has 2 aromatic carbocycles. The fourth-order valence-electron chi connectivity index (χ4n) is 4.16. The second-order valence-corrected chi connectivity index (χ2v) is 8.21. The highest BCUT2D eigenvalue weighted by Crippen LogP contribution is 2.31. The number of halogens is 1. The van der Waals surface area contributed by atoms with E-state index in [0.29, 0.717) is 36.5 Å². The van der Waals surface area contributed by atoms with E-state index in [0.717, 1.165) is 23.1 Å². The van der Waals surface area contributed by atoms with Gasteiger partial charge in [-0.05, 0) is 35.4 Å². The van der Waals surface area contributed by atoms with Crippen LogP contribution in [0.4, 0.5) is 4.39 Å². The predicted molar refractivity (Wildman–Crippen MR) is 119 cm³/mol. The Morgan fingerprint density at radius 2 is 1.94 bits per heavy atom. The number of benzene rings is 2. The maximum Gasteiger partial charge on any atom is 0.311 e. The molecule has 5 rings (SSSR count). The molecular weight excluding hydrogens is 407 g/mol. The zero-order valence-corrected chi connectivity index (χ0v) is 17.8. The number of ether oxygens (including phenoxy) is 1. The summed E-state index contributed by atoms with van der Waals surface area (Å²) in [5, 5.41) is 0.902. The standard InChI is InChI=1S/C26H23FN2O3/c1-31-26(30)20-15-29(16-20)14-18-7-8-22(23(27)10-18)24-12-19-11-21(28-13-25(19)32-24)9-17-5-3-2-4-6-17/h2-8,10-13,20H,9,14-16H2,1H3. The molecule has 0 saturated carbocycles. The van der Waals surface area contributed by atoms with Crippen LogP contribution < -0.4 is 0 Å². The van der Waals surface area contributed by atoms with Crippen molar-refractivity contribution >= 4 is 16.9 Å². The number of hydrogen-bond acceptors (Lipinski definition) is 5. The summed E-state index contributed by atoms with van der Waals surface area (Å²) in [5.41, 5.74) is 4.04. The zero-order chi connectivity index (χ0) is 22.1. The van der Waals surface area contributed by atoms with Gasteiger partial charge in [0.1, 0.15) is 11.6 Å². The van der Waals surface area contributed by atoms with Crippen LogP contribution in [0.3, 0.4) is 0 Å². The van der Waals surface area contributed by atoms with Gasteiger partial charge in [0, 0.05) is 37.1 Å². The molecule has 2 aromatic heterocycles. The summed E-state index contributed by atoms with van der Waals surface area (Å²) < 4.78 is 25.5. The van der Waals surface area contributed by atoms with Crippen molar-refractivity contribution in [2.75, 3.05) is 20.2 Å². The van der Waals surface area contributed by atoms with E-state index in [9.17, 15) is 9.18 Å². The minimum absolute atomic E-state index is 0.0833. The molecule has 1 fully saturated rings. The molecule has 162 valence electrons. The summed E-state index contributed by atoms with van der Waals surface area (Å²) in [4.78, 5) is 18.1. The second kappa shape index (κ2) is 8.55. The number of aromatic nitrogens is 1. The summed E-state index contributed by atoms with van der Waals surface area (Å²) in [5.74, 6) is -0.115. The Bertz CT molecular complexity index is 1260. The van der Waals surface area contributed by atoms with Crippen LogP contribution in [-0.4, -0.2) is 36.1 Å². The molecule has 1 saturated heterocycles. The molecule has 0 radical (unpaired) electrons. The molecule has 0 aliphatic carbocycles. The summed E-state index contributed by atoms with van der Waals surface area (Å²) in [6.45, 7) is 1.87. The van der Waals surface area contributed by atoms with Crippen molar-refractivity contribution in [3.05, 3.63) is 89.5 Å².